The van der Waals surface area contributed by atoms with E-state index >= 15 is 0 Å². The molecule has 2 heterocycles. The molecule has 0 amide bonds. The van der Waals surface area contributed by atoms with E-state index in [9.17, 15) is 9.90 Å². The van der Waals surface area contributed by atoms with Gasteiger partial charge in [0.15, 0.2) is 0 Å². The summed E-state index contributed by atoms with van der Waals surface area (Å²) >= 11 is 0. The lowest BCUT2D eigenvalue weighted by Crippen LogP contribution is -2.39. The van der Waals surface area contributed by atoms with Crippen molar-refractivity contribution in [3.63, 3.8) is 0 Å². The van der Waals surface area contributed by atoms with Gasteiger partial charge in [0.1, 0.15) is 5.82 Å². The smallest absolute Gasteiger partial charge is 0.248 e. The van der Waals surface area contributed by atoms with Crippen LogP contribution in [-0.4, -0.2) is 38.7 Å². The highest BCUT2D eigenvalue weighted by Crippen LogP contribution is 2.30. The fourth-order valence-electron chi connectivity index (χ4n) is 3.89. The van der Waals surface area contributed by atoms with Gasteiger partial charge in [0, 0.05) is 24.2 Å². The first kappa shape index (κ1) is 24.7. The van der Waals surface area contributed by atoms with Gasteiger partial charge in [-0.05, 0) is 55.1 Å². The first-order valence-corrected chi connectivity index (χ1v) is 11.8. The van der Waals surface area contributed by atoms with E-state index in [1.165, 1.54) is 0 Å². The van der Waals surface area contributed by atoms with Gasteiger partial charge in [0.25, 0.3) is 0 Å². The lowest BCUT2D eigenvalue weighted by molar-refractivity contribution is 0.212. The molecule has 33 heavy (non-hydrogen) atoms. The van der Waals surface area contributed by atoms with Crippen LogP contribution in [0.1, 0.15) is 58.4 Å². The number of hydrogen-bond donors (Lipinski definition) is 5. The summed E-state index contributed by atoms with van der Waals surface area (Å²) in [6, 6.07) is 7.47. The van der Waals surface area contributed by atoms with Crippen LogP contribution in [0.15, 0.2) is 35.3 Å². The zero-order valence-corrected chi connectivity index (χ0v) is 19.9. The quantitative estimate of drug-likeness (QED) is 0.264. The number of rotatable bonds is 12. The van der Waals surface area contributed by atoms with Gasteiger partial charge in [-0.25, -0.2) is 4.98 Å². The molecular formula is C25H36N6O2. The fourth-order valence-corrected chi connectivity index (χ4v) is 3.89. The molecule has 3 rings (SSSR count). The summed E-state index contributed by atoms with van der Waals surface area (Å²) in [7, 11) is 0. The molecule has 0 bridgehead atoms. The van der Waals surface area contributed by atoms with Crippen molar-refractivity contribution in [3.05, 3.63) is 46.4 Å². The first-order valence-electron chi connectivity index (χ1n) is 11.8. The van der Waals surface area contributed by atoms with Crippen molar-refractivity contribution in [2.75, 3.05) is 24.2 Å². The number of aromatic amines is 1. The molecule has 0 aliphatic rings. The minimum atomic E-state index is -0.507. The van der Waals surface area contributed by atoms with Crippen LogP contribution in [0.4, 0.5) is 11.8 Å². The number of aliphatic hydroxyl groups is 1. The molecule has 1 atom stereocenters. The zero-order chi connectivity index (χ0) is 23.8. The molecule has 0 fully saturated rings. The molecule has 0 aliphatic heterocycles. The number of fused-ring (bicyclic) bond motifs is 1. The number of aromatic nitrogens is 3. The Morgan fingerprint density at radius 3 is 2.67 bits per heavy atom. The summed E-state index contributed by atoms with van der Waals surface area (Å²) in [5.74, 6) is 0.759. The molecule has 8 heteroatoms. The Morgan fingerprint density at radius 2 is 1.94 bits per heavy atom. The largest absolute Gasteiger partial charge is 0.394 e. The first-order chi connectivity index (χ1) is 15.9. The maximum absolute atomic E-state index is 12.1. The van der Waals surface area contributed by atoms with Crippen molar-refractivity contribution in [1.82, 2.24) is 20.3 Å². The molecule has 0 aliphatic carbocycles. The Morgan fingerprint density at radius 1 is 1.15 bits per heavy atom. The van der Waals surface area contributed by atoms with Gasteiger partial charge in [0.2, 0.25) is 11.5 Å². The van der Waals surface area contributed by atoms with E-state index in [4.69, 9.17) is 5.73 Å². The molecule has 3 aromatic rings. The van der Waals surface area contributed by atoms with Gasteiger partial charge >= 0.3 is 0 Å². The highest BCUT2D eigenvalue weighted by atomic mass is 16.3. The maximum Gasteiger partial charge on any atom is 0.248 e. The maximum atomic E-state index is 12.1. The predicted molar refractivity (Wildman–Crippen MR) is 135 cm³/mol. The molecule has 1 aromatic carbocycles. The van der Waals surface area contributed by atoms with Crippen LogP contribution < -0.4 is 21.9 Å². The van der Waals surface area contributed by atoms with E-state index in [1.807, 2.05) is 25.1 Å². The monoisotopic (exact) mass is 452 g/mol. The van der Waals surface area contributed by atoms with E-state index in [0.29, 0.717) is 17.9 Å². The van der Waals surface area contributed by atoms with Gasteiger partial charge in [-0.15, -0.1) is 0 Å². The number of H-pyrrole nitrogens is 1. The van der Waals surface area contributed by atoms with E-state index in [2.05, 4.69) is 39.4 Å². The van der Waals surface area contributed by atoms with Crippen molar-refractivity contribution < 1.29 is 5.11 Å². The van der Waals surface area contributed by atoms with Gasteiger partial charge in [0.05, 0.1) is 17.7 Å². The highest BCUT2D eigenvalue weighted by molar-refractivity contribution is 5.93. The molecule has 0 saturated heterocycles. The summed E-state index contributed by atoms with van der Waals surface area (Å²) in [6.45, 7) is 7.83. The Hall–Kier alpha value is -2.97. The SMILES string of the molecule is CCCCNCc1c[nH]c(=O)cc1-c1ccc2c(NC(C)(CO)CCCC)nc(N)nc2c1. The second kappa shape index (κ2) is 11.2. The molecule has 1 unspecified atom stereocenters. The molecule has 0 radical (unpaired) electrons. The van der Waals surface area contributed by atoms with Gasteiger partial charge < -0.3 is 26.5 Å². The van der Waals surface area contributed by atoms with Crippen LogP contribution in [-0.2, 0) is 6.54 Å². The predicted octanol–water partition coefficient (Wildman–Crippen LogP) is 3.81. The number of pyridine rings is 1. The molecule has 8 nitrogen and oxygen atoms in total. The Kier molecular flexibility index (Phi) is 8.41. The molecule has 6 N–H and O–H groups in total. The number of benzene rings is 1. The normalized spacial score (nSPS) is 13.2. The highest BCUT2D eigenvalue weighted by Gasteiger charge is 2.24. The van der Waals surface area contributed by atoms with Gasteiger partial charge in [-0.2, -0.15) is 4.98 Å². The van der Waals surface area contributed by atoms with Crippen molar-refractivity contribution in [1.29, 1.82) is 0 Å². The summed E-state index contributed by atoms with van der Waals surface area (Å²) < 4.78 is 0. The number of anilines is 2. The zero-order valence-electron chi connectivity index (χ0n) is 19.9. The minimum Gasteiger partial charge on any atom is -0.394 e. The van der Waals surface area contributed by atoms with Gasteiger partial charge in [-0.1, -0.05) is 39.2 Å². The Balaban J connectivity index is 1.98. The summed E-state index contributed by atoms with van der Waals surface area (Å²) in [5, 5.41) is 17.6. The molecule has 0 spiro atoms. The molecule has 2 aromatic heterocycles. The molecular weight excluding hydrogens is 416 g/mol. The average molecular weight is 453 g/mol. The number of nitrogen functional groups attached to an aromatic ring is 1. The number of aliphatic hydroxyl groups excluding tert-OH is 1. The lowest BCUT2D eigenvalue weighted by Gasteiger charge is -2.30. The summed E-state index contributed by atoms with van der Waals surface area (Å²) in [5.41, 5.74) is 8.82. The number of nitrogens with one attached hydrogen (secondary N) is 3. The van der Waals surface area contributed by atoms with Crippen molar-refractivity contribution in [2.24, 2.45) is 0 Å². The average Bonchev–Trinajstić information content (AvgIpc) is 2.80. The number of nitrogens with two attached hydrogens (primary N) is 1. The topological polar surface area (TPSA) is 129 Å². The third kappa shape index (κ3) is 6.30. The van der Waals surface area contributed by atoms with Crippen LogP contribution >= 0.6 is 0 Å². The van der Waals surface area contributed by atoms with E-state index in [1.54, 1.807) is 12.3 Å². The lowest BCUT2D eigenvalue weighted by atomic mass is 9.95. The van der Waals surface area contributed by atoms with Crippen molar-refractivity contribution in [3.8, 4) is 11.1 Å². The number of nitrogens with zero attached hydrogens (tertiary/aromatic N) is 2. The van der Waals surface area contributed by atoms with Crippen molar-refractivity contribution in [2.45, 2.75) is 65.0 Å². The number of hydrogen-bond acceptors (Lipinski definition) is 7. The van der Waals surface area contributed by atoms with Crippen LogP contribution in [0.25, 0.3) is 22.0 Å². The summed E-state index contributed by atoms with van der Waals surface area (Å²) in [4.78, 5) is 23.7. The van der Waals surface area contributed by atoms with E-state index < -0.39 is 5.54 Å². The third-order valence-corrected chi connectivity index (χ3v) is 5.91. The Labute approximate surface area is 195 Å². The second-order valence-electron chi connectivity index (χ2n) is 8.88. The minimum absolute atomic E-state index is 0.0162. The third-order valence-electron chi connectivity index (χ3n) is 5.91. The second-order valence-corrected chi connectivity index (χ2v) is 8.88. The van der Waals surface area contributed by atoms with E-state index in [0.717, 1.165) is 60.7 Å². The molecule has 0 saturated carbocycles. The van der Waals surface area contributed by atoms with Crippen LogP contribution in [0.3, 0.4) is 0 Å². The summed E-state index contributed by atoms with van der Waals surface area (Å²) in [6.07, 6.45) is 6.84. The Bertz CT molecular complexity index is 1130. The van der Waals surface area contributed by atoms with Crippen LogP contribution in [0.2, 0.25) is 0 Å². The van der Waals surface area contributed by atoms with Crippen LogP contribution in [0, 0.1) is 0 Å². The van der Waals surface area contributed by atoms with E-state index in [-0.39, 0.29) is 18.1 Å². The molecule has 178 valence electrons. The van der Waals surface area contributed by atoms with Crippen molar-refractivity contribution >= 4 is 22.7 Å². The standard InChI is InChI=1S/C25H36N6O2/c1-4-6-10-25(3,16-32)31-23-19-9-8-17(12-21(19)29-24(26)30-23)20-13-22(33)28-15-18(20)14-27-11-7-5-2/h8-9,12-13,15,27,32H,4-7,10-11,14,16H2,1-3H3,(H,28,33)(H3,26,29,30,31). The van der Waals surface area contributed by atoms with Gasteiger partial charge in [-0.3, -0.25) is 4.79 Å². The number of unbranched alkanes of at least 4 members (excludes halogenated alkanes) is 2. The fraction of sp³-hybridized carbons (Fsp3) is 0.480. The van der Waals surface area contributed by atoms with Crippen LogP contribution in [0.5, 0.6) is 0 Å².